The van der Waals surface area contributed by atoms with Gasteiger partial charge in [-0.15, -0.1) is 0 Å². The van der Waals surface area contributed by atoms with Gasteiger partial charge in [0.25, 0.3) is 0 Å². The molecule has 0 saturated carbocycles. The molecule has 0 amide bonds. The number of carbonyl (C=O) groups excluding carboxylic acids is 2. The van der Waals surface area contributed by atoms with Gasteiger partial charge >= 0.3 is 5.97 Å². The Morgan fingerprint density at radius 2 is 1.64 bits per heavy atom. The van der Waals surface area contributed by atoms with Gasteiger partial charge in [-0.1, -0.05) is 54.6 Å². The summed E-state index contributed by atoms with van der Waals surface area (Å²) < 4.78 is 5.00. The molecule has 1 unspecified atom stereocenters. The molecule has 0 saturated heterocycles. The number of rotatable bonds is 2. The van der Waals surface area contributed by atoms with Gasteiger partial charge in [0.05, 0.1) is 18.4 Å². The van der Waals surface area contributed by atoms with E-state index in [9.17, 15) is 9.59 Å². The van der Waals surface area contributed by atoms with Gasteiger partial charge in [-0.25, -0.2) is 4.79 Å². The van der Waals surface area contributed by atoms with E-state index in [4.69, 9.17) is 4.74 Å². The van der Waals surface area contributed by atoms with Crippen molar-refractivity contribution in [3.63, 3.8) is 0 Å². The third-order valence-electron chi connectivity index (χ3n) is 4.79. The van der Waals surface area contributed by atoms with Gasteiger partial charge in [-0.05, 0) is 12.5 Å². The summed E-state index contributed by atoms with van der Waals surface area (Å²) in [7, 11) is 1.36. The zero-order chi connectivity index (χ0) is 17.6. The van der Waals surface area contributed by atoms with Crippen molar-refractivity contribution >= 4 is 17.4 Å². The molecular formula is C21H17NO3. The van der Waals surface area contributed by atoms with Crippen molar-refractivity contribution in [2.75, 3.05) is 7.11 Å². The first-order valence-corrected chi connectivity index (χ1v) is 8.12. The maximum Gasteiger partial charge on any atom is 0.336 e. The maximum absolute atomic E-state index is 13.1. The van der Waals surface area contributed by atoms with Crippen LogP contribution in [0.3, 0.4) is 0 Å². The molecule has 0 spiro atoms. The maximum atomic E-state index is 13.1. The van der Waals surface area contributed by atoms with Crippen LogP contribution in [0.4, 0.5) is 0 Å². The van der Waals surface area contributed by atoms with Gasteiger partial charge < -0.3 is 10.1 Å². The summed E-state index contributed by atoms with van der Waals surface area (Å²) in [5.74, 6) is -0.903. The summed E-state index contributed by atoms with van der Waals surface area (Å²) in [6.45, 7) is 1.84. The molecule has 4 heteroatoms. The number of ketones is 1. The Bertz CT molecular complexity index is 954. The van der Waals surface area contributed by atoms with E-state index < -0.39 is 11.9 Å². The van der Waals surface area contributed by atoms with Crippen LogP contribution in [0.25, 0.3) is 5.70 Å². The Hall–Kier alpha value is -3.14. The van der Waals surface area contributed by atoms with E-state index in [-0.39, 0.29) is 5.78 Å². The second kappa shape index (κ2) is 5.74. The molecule has 1 atom stereocenters. The summed E-state index contributed by atoms with van der Waals surface area (Å²) >= 11 is 0. The second-order valence-electron chi connectivity index (χ2n) is 6.16. The molecule has 0 bridgehead atoms. The molecule has 1 N–H and O–H groups in total. The Balaban J connectivity index is 1.96. The topological polar surface area (TPSA) is 55.4 Å². The highest BCUT2D eigenvalue weighted by atomic mass is 16.5. The number of fused-ring (bicyclic) bond motifs is 2. The summed E-state index contributed by atoms with van der Waals surface area (Å²) in [4.78, 5) is 25.6. The average Bonchev–Trinajstić information content (AvgIpc) is 2.93. The number of hydrogen-bond donors (Lipinski definition) is 1. The van der Waals surface area contributed by atoms with Gasteiger partial charge in [0, 0.05) is 28.3 Å². The number of methoxy groups -OCH3 is 1. The van der Waals surface area contributed by atoms with Crippen LogP contribution >= 0.6 is 0 Å². The molecule has 0 aromatic heterocycles. The minimum absolute atomic E-state index is 0.0409. The highest BCUT2D eigenvalue weighted by Gasteiger charge is 2.42. The molecule has 1 aliphatic carbocycles. The zero-order valence-corrected chi connectivity index (χ0v) is 14.0. The van der Waals surface area contributed by atoms with Crippen molar-refractivity contribution in [3.8, 4) is 0 Å². The first-order valence-electron chi connectivity index (χ1n) is 8.12. The number of ether oxygens (including phenoxy) is 1. The summed E-state index contributed by atoms with van der Waals surface area (Å²) in [6.07, 6.45) is 0. The van der Waals surface area contributed by atoms with E-state index in [1.165, 1.54) is 7.11 Å². The highest BCUT2D eigenvalue weighted by Crippen LogP contribution is 2.46. The third-order valence-corrected chi connectivity index (χ3v) is 4.79. The number of Topliss-reactive ketones (excluding diaryl/α,β-unsaturated/α-hetero) is 1. The van der Waals surface area contributed by atoms with E-state index in [1.807, 2.05) is 61.5 Å². The number of hydrogen-bond acceptors (Lipinski definition) is 4. The Labute approximate surface area is 145 Å². The van der Waals surface area contributed by atoms with Crippen molar-refractivity contribution in [1.82, 2.24) is 5.32 Å². The Morgan fingerprint density at radius 1 is 1.00 bits per heavy atom. The quantitative estimate of drug-likeness (QED) is 0.857. The minimum Gasteiger partial charge on any atom is -0.466 e. The zero-order valence-electron chi connectivity index (χ0n) is 14.0. The van der Waals surface area contributed by atoms with Gasteiger partial charge in [-0.3, -0.25) is 4.79 Å². The monoisotopic (exact) mass is 331 g/mol. The molecule has 0 fully saturated rings. The van der Waals surface area contributed by atoms with E-state index >= 15 is 0 Å². The van der Waals surface area contributed by atoms with Crippen molar-refractivity contribution in [1.29, 1.82) is 0 Å². The second-order valence-corrected chi connectivity index (χ2v) is 6.16. The molecule has 4 nitrogen and oxygen atoms in total. The van der Waals surface area contributed by atoms with Crippen molar-refractivity contribution in [2.24, 2.45) is 0 Å². The lowest BCUT2D eigenvalue weighted by molar-refractivity contribution is -0.136. The lowest BCUT2D eigenvalue weighted by atomic mass is 9.80. The lowest BCUT2D eigenvalue weighted by Crippen LogP contribution is -2.29. The number of esters is 1. The fourth-order valence-electron chi connectivity index (χ4n) is 3.69. The van der Waals surface area contributed by atoms with Gasteiger partial charge in [-0.2, -0.15) is 0 Å². The average molecular weight is 331 g/mol. The van der Waals surface area contributed by atoms with Crippen LogP contribution in [-0.2, 0) is 9.53 Å². The van der Waals surface area contributed by atoms with Gasteiger partial charge in [0.1, 0.15) is 0 Å². The number of carbonyl (C=O) groups is 2. The van der Waals surface area contributed by atoms with Crippen LogP contribution in [0.5, 0.6) is 0 Å². The Kier molecular flexibility index (Phi) is 3.53. The van der Waals surface area contributed by atoms with E-state index in [0.29, 0.717) is 22.4 Å². The fraction of sp³-hybridized carbons (Fsp3) is 0.143. The molecule has 4 rings (SSSR count). The first-order chi connectivity index (χ1) is 12.1. The largest absolute Gasteiger partial charge is 0.466 e. The van der Waals surface area contributed by atoms with Crippen LogP contribution in [0.2, 0.25) is 0 Å². The summed E-state index contributed by atoms with van der Waals surface area (Å²) in [6, 6.07) is 17.1. The van der Waals surface area contributed by atoms with E-state index in [1.54, 1.807) is 0 Å². The standard InChI is InChI=1S/C21H17NO3/c1-12-16(21(24)25-2)17(13-8-4-3-5-9-13)18-19(22-12)14-10-6-7-11-15(14)20(18)23/h3-11,17,22H,1-2H3. The number of allylic oxidation sites excluding steroid dienone is 2. The number of nitrogens with one attached hydrogen (secondary N) is 1. The predicted octanol–water partition coefficient (Wildman–Crippen LogP) is 3.43. The molecule has 25 heavy (non-hydrogen) atoms. The van der Waals surface area contributed by atoms with Crippen LogP contribution in [0.15, 0.2) is 71.4 Å². The number of dihydropyridines is 1. The van der Waals surface area contributed by atoms with Crippen LogP contribution in [-0.4, -0.2) is 18.9 Å². The van der Waals surface area contributed by atoms with Gasteiger partial charge in [0.15, 0.2) is 5.78 Å². The summed E-state index contributed by atoms with van der Waals surface area (Å²) in [5, 5.41) is 3.27. The molecule has 1 aliphatic heterocycles. The van der Waals surface area contributed by atoms with Crippen LogP contribution in [0, 0.1) is 0 Å². The first kappa shape index (κ1) is 15.4. The van der Waals surface area contributed by atoms with Crippen LogP contribution in [0.1, 0.15) is 34.3 Å². The molecular weight excluding hydrogens is 314 g/mol. The molecule has 1 heterocycles. The van der Waals surface area contributed by atoms with E-state index in [2.05, 4.69) is 5.32 Å². The lowest BCUT2D eigenvalue weighted by Gasteiger charge is -2.29. The van der Waals surface area contributed by atoms with Crippen molar-refractivity contribution < 1.29 is 14.3 Å². The molecule has 2 aromatic carbocycles. The minimum atomic E-state index is -0.440. The van der Waals surface area contributed by atoms with E-state index in [0.717, 1.165) is 16.8 Å². The molecule has 2 aliphatic rings. The summed E-state index contributed by atoms with van der Waals surface area (Å²) in [5.41, 5.74) is 5.04. The number of benzene rings is 2. The Morgan fingerprint density at radius 3 is 2.32 bits per heavy atom. The molecule has 0 radical (unpaired) electrons. The molecule has 124 valence electrons. The highest BCUT2D eigenvalue weighted by molar-refractivity contribution is 6.23. The van der Waals surface area contributed by atoms with Crippen LogP contribution < -0.4 is 5.32 Å². The van der Waals surface area contributed by atoms with Gasteiger partial charge in [0.2, 0.25) is 0 Å². The van der Waals surface area contributed by atoms with Crippen molar-refractivity contribution in [3.05, 3.63) is 88.1 Å². The normalized spacial score (nSPS) is 18.6. The smallest absolute Gasteiger partial charge is 0.336 e. The van der Waals surface area contributed by atoms with Crippen molar-refractivity contribution in [2.45, 2.75) is 12.8 Å². The third kappa shape index (κ3) is 2.22. The SMILES string of the molecule is COC(=O)C1=C(C)NC2=C(C(=O)c3ccccc32)C1c1ccccc1. The fourth-order valence-corrected chi connectivity index (χ4v) is 3.69. The molecule has 2 aromatic rings. The predicted molar refractivity (Wildman–Crippen MR) is 94.7 cm³/mol.